The van der Waals surface area contributed by atoms with Crippen molar-refractivity contribution in [1.82, 2.24) is 0 Å². The number of ether oxygens (including phenoxy) is 1. The van der Waals surface area contributed by atoms with E-state index in [1.807, 2.05) is 19.1 Å². The van der Waals surface area contributed by atoms with Crippen molar-refractivity contribution < 1.29 is 4.74 Å². The molecule has 74 valence electrons. The van der Waals surface area contributed by atoms with E-state index in [9.17, 15) is 0 Å². The first-order valence-corrected chi connectivity index (χ1v) is 4.82. The van der Waals surface area contributed by atoms with Crippen LogP contribution in [-0.2, 0) is 0 Å². The predicted octanol–water partition coefficient (Wildman–Crippen LogP) is 1.93. The second-order valence-electron chi connectivity index (χ2n) is 3.20. The van der Waals surface area contributed by atoms with Crippen LogP contribution >= 0.6 is 0 Å². The highest BCUT2D eigenvalue weighted by molar-refractivity contribution is 5.54. The molecule has 0 spiro atoms. The molecule has 0 radical (unpaired) electrons. The molecule has 1 aliphatic rings. The minimum absolute atomic E-state index is 0.402. The summed E-state index contributed by atoms with van der Waals surface area (Å²) in [5.74, 6) is 0.876. The number of benzene rings is 1. The Bertz CT molecular complexity index is 315. The molecule has 1 aliphatic heterocycles. The fourth-order valence-electron chi connectivity index (χ4n) is 1.25. The van der Waals surface area contributed by atoms with Gasteiger partial charge in [0.25, 0.3) is 0 Å². The van der Waals surface area contributed by atoms with Gasteiger partial charge in [-0.15, -0.1) is 0 Å². The zero-order chi connectivity index (χ0) is 9.80. The van der Waals surface area contributed by atoms with E-state index < -0.39 is 0 Å². The molecule has 14 heavy (non-hydrogen) atoms. The van der Waals surface area contributed by atoms with Crippen molar-refractivity contribution in [2.24, 2.45) is 4.99 Å². The van der Waals surface area contributed by atoms with E-state index in [4.69, 9.17) is 4.74 Å². The highest BCUT2D eigenvalue weighted by atomic mass is 16.5. The van der Waals surface area contributed by atoms with Gasteiger partial charge < -0.3 is 9.64 Å². The fraction of sp³-hybridized carbons (Fsp3) is 0.364. The molecule has 3 nitrogen and oxygen atoms in total. The van der Waals surface area contributed by atoms with Crippen molar-refractivity contribution in [3.63, 3.8) is 0 Å². The van der Waals surface area contributed by atoms with Gasteiger partial charge in [-0.2, -0.15) is 0 Å². The maximum absolute atomic E-state index is 5.39. The molecule has 0 N–H and O–H groups in total. The Morgan fingerprint density at radius 1 is 1.36 bits per heavy atom. The van der Waals surface area contributed by atoms with Crippen LogP contribution in [0, 0.1) is 0 Å². The Kier molecular flexibility index (Phi) is 2.68. The summed E-state index contributed by atoms with van der Waals surface area (Å²) in [5.41, 5.74) is 1.27. The van der Waals surface area contributed by atoms with Crippen LogP contribution in [0.3, 0.4) is 0 Å². The molecule has 0 atom stereocenters. The predicted molar refractivity (Wildman–Crippen MR) is 58.3 cm³/mol. The van der Waals surface area contributed by atoms with Crippen LogP contribution < -0.4 is 9.64 Å². The van der Waals surface area contributed by atoms with E-state index in [0.29, 0.717) is 6.73 Å². The van der Waals surface area contributed by atoms with Crippen LogP contribution in [0.25, 0.3) is 0 Å². The van der Waals surface area contributed by atoms with Gasteiger partial charge in [0.1, 0.15) is 5.75 Å². The van der Waals surface area contributed by atoms with Crippen LogP contribution in [0.15, 0.2) is 29.3 Å². The summed E-state index contributed by atoms with van der Waals surface area (Å²) in [7, 11) is 0. The number of hydrogen-bond acceptors (Lipinski definition) is 3. The minimum Gasteiger partial charge on any atom is -0.471 e. The number of hydrogen-bond donors (Lipinski definition) is 0. The number of nitrogens with zero attached hydrogens (tertiary/aromatic N) is 2. The number of anilines is 1. The molecule has 0 amide bonds. The highest BCUT2D eigenvalue weighted by Gasteiger charge is 2.16. The average molecular weight is 190 g/mol. The summed E-state index contributed by atoms with van der Waals surface area (Å²) in [5, 5.41) is 0. The third-order valence-corrected chi connectivity index (χ3v) is 2.14. The lowest BCUT2D eigenvalue weighted by Gasteiger charge is -2.05. The van der Waals surface area contributed by atoms with Crippen molar-refractivity contribution in [3.05, 3.63) is 24.3 Å². The van der Waals surface area contributed by atoms with Crippen molar-refractivity contribution in [2.45, 2.75) is 6.92 Å². The van der Waals surface area contributed by atoms with Gasteiger partial charge in [-0.05, 0) is 37.4 Å². The van der Waals surface area contributed by atoms with Crippen molar-refractivity contribution in [3.8, 4) is 5.75 Å². The SMILES string of the molecule is CC=NCOc1ccc(N2CC2)cc1. The Hall–Kier alpha value is -1.51. The molecule has 1 aromatic rings. The first kappa shape index (κ1) is 9.06. The van der Waals surface area contributed by atoms with Crippen LogP contribution in [0.5, 0.6) is 5.75 Å². The van der Waals surface area contributed by atoms with Gasteiger partial charge in [0, 0.05) is 18.8 Å². The molecule has 0 aromatic heterocycles. The Labute approximate surface area is 84.0 Å². The van der Waals surface area contributed by atoms with Crippen molar-refractivity contribution in [2.75, 3.05) is 24.7 Å². The van der Waals surface area contributed by atoms with E-state index in [-0.39, 0.29) is 0 Å². The Balaban J connectivity index is 1.92. The van der Waals surface area contributed by atoms with E-state index >= 15 is 0 Å². The van der Waals surface area contributed by atoms with Gasteiger partial charge >= 0.3 is 0 Å². The summed E-state index contributed by atoms with van der Waals surface area (Å²) in [6, 6.07) is 8.13. The smallest absolute Gasteiger partial charge is 0.178 e. The third kappa shape index (κ3) is 2.25. The molecule has 1 aromatic carbocycles. The van der Waals surface area contributed by atoms with E-state index in [1.54, 1.807) is 6.21 Å². The standard InChI is InChI=1S/C11H14N2O/c1-2-12-9-14-11-5-3-10(4-6-11)13-7-8-13/h2-6H,7-9H2,1H3. The molecule has 0 saturated carbocycles. The Morgan fingerprint density at radius 3 is 2.64 bits per heavy atom. The number of aliphatic imine (C=N–C) groups is 1. The average Bonchev–Trinajstić information content (AvgIpc) is 3.03. The fourth-order valence-corrected chi connectivity index (χ4v) is 1.25. The normalized spacial score (nSPS) is 14.8. The second kappa shape index (κ2) is 4.13. The maximum Gasteiger partial charge on any atom is 0.178 e. The minimum atomic E-state index is 0.402. The van der Waals surface area contributed by atoms with Crippen LogP contribution in [0.1, 0.15) is 6.92 Å². The molecule has 1 saturated heterocycles. The summed E-state index contributed by atoms with van der Waals surface area (Å²) >= 11 is 0. The van der Waals surface area contributed by atoms with Gasteiger partial charge in [-0.3, -0.25) is 4.99 Å². The third-order valence-electron chi connectivity index (χ3n) is 2.14. The zero-order valence-electron chi connectivity index (χ0n) is 8.31. The summed E-state index contributed by atoms with van der Waals surface area (Å²) in [6.07, 6.45) is 1.74. The molecule has 1 fully saturated rings. The van der Waals surface area contributed by atoms with E-state index in [2.05, 4.69) is 22.0 Å². The number of rotatable bonds is 4. The van der Waals surface area contributed by atoms with Crippen molar-refractivity contribution in [1.29, 1.82) is 0 Å². The van der Waals surface area contributed by atoms with Crippen LogP contribution in [0.4, 0.5) is 5.69 Å². The molecule has 1 heterocycles. The largest absolute Gasteiger partial charge is 0.471 e. The topological polar surface area (TPSA) is 24.6 Å². The quantitative estimate of drug-likeness (QED) is 0.535. The van der Waals surface area contributed by atoms with Gasteiger partial charge in [-0.1, -0.05) is 0 Å². The van der Waals surface area contributed by atoms with E-state index in [0.717, 1.165) is 5.75 Å². The zero-order valence-corrected chi connectivity index (χ0v) is 8.31. The maximum atomic E-state index is 5.39. The second-order valence-corrected chi connectivity index (χ2v) is 3.20. The molecular formula is C11H14N2O. The first-order valence-electron chi connectivity index (χ1n) is 4.82. The lowest BCUT2D eigenvalue weighted by molar-refractivity contribution is 0.332. The summed E-state index contributed by atoms with van der Waals surface area (Å²) < 4.78 is 5.39. The molecule has 0 aliphatic carbocycles. The van der Waals surface area contributed by atoms with Crippen LogP contribution in [0.2, 0.25) is 0 Å². The Morgan fingerprint density at radius 2 is 2.07 bits per heavy atom. The van der Waals surface area contributed by atoms with Gasteiger partial charge in [0.05, 0.1) is 0 Å². The first-order chi connectivity index (χ1) is 6.90. The summed E-state index contributed by atoms with van der Waals surface area (Å²) in [4.78, 5) is 6.28. The molecule has 0 bridgehead atoms. The lowest BCUT2D eigenvalue weighted by Crippen LogP contribution is -1.94. The van der Waals surface area contributed by atoms with Crippen LogP contribution in [-0.4, -0.2) is 26.0 Å². The van der Waals surface area contributed by atoms with E-state index in [1.165, 1.54) is 18.8 Å². The molecular weight excluding hydrogens is 176 g/mol. The highest BCUT2D eigenvalue weighted by Crippen LogP contribution is 2.23. The van der Waals surface area contributed by atoms with Crippen molar-refractivity contribution >= 4 is 11.9 Å². The van der Waals surface area contributed by atoms with Gasteiger partial charge in [-0.25, -0.2) is 0 Å². The molecule has 3 heteroatoms. The monoisotopic (exact) mass is 190 g/mol. The molecule has 0 unspecified atom stereocenters. The van der Waals surface area contributed by atoms with Gasteiger partial charge in [0.2, 0.25) is 0 Å². The lowest BCUT2D eigenvalue weighted by atomic mass is 10.3. The molecule has 2 rings (SSSR count). The van der Waals surface area contributed by atoms with Gasteiger partial charge in [0.15, 0.2) is 6.73 Å². The summed E-state index contributed by atoms with van der Waals surface area (Å²) in [6.45, 7) is 4.65.